The molecule has 0 saturated carbocycles. The van der Waals surface area contributed by atoms with Crippen molar-refractivity contribution in [1.29, 1.82) is 0 Å². The van der Waals surface area contributed by atoms with Gasteiger partial charge in [0.2, 0.25) is 0 Å². The predicted molar refractivity (Wildman–Crippen MR) is 120 cm³/mol. The van der Waals surface area contributed by atoms with Crippen molar-refractivity contribution in [2.24, 2.45) is 0 Å². The molecule has 7 nitrogen and oxygen atoms in total. The van der Waals surface area contributed by atoms with Crippen LogP contribution in [0, 0.1) is 0 Å². The highest BCUT2D eigenvalue weighted by atomic mass is 16.5. The minimum atomic E-state index is -0.252. The van der Waals surface area contributed by atoms with Crippen LogP contribution in [0.4, 0.5) is 0 Å². The number of benzene rings is 2. The SMILES string of the molecule is COc1ccc(-c2ccc(=O)n(CCNC(=O)COc3ccccc3C(C)C)n2)cc1. The van der Waals surface area contributed by atoms with Crippen molar-refractivity contribution in [2.75, 3.05) is 20.3 Å². The molecule has 0 aliphatic carbocycles. The van der Waals surface area contributed by atoms with Gasteiger partial charge in [-0.15, -0.1) is 0 Å². The molecular formula is C24H27N3O4. The molecular weight excluding hydrogens is 394 g/mol. The van der Waals surface area contributed by atoms with E-state index < -0.39 is 0 Å². The lowest BCUT2D eigenvalue weighted by molar-refractivity contribution is -0.123. The maximum Gasteiger partial charge on any atom is 0.266 e. The molecule has 1 aromatic heterocycles. The molecule has 0 aliphatic heterocycles. The molecule has 2 aromatic carbocycles. The van der Waals surface area contributed by atoms with E-state index in [1.165, 1.54) is 10.7 Å². The summed E-state index contributed by atoms with van der Waals surface area (Å²) in [5, 5.41) is 7.17. The third kappa shape index (κ3) is 5.94. The van der Waals surface area contributed by atoms with Gasteiger partial charge in [0.1, 0.15) is 11.5 Å². The number of carbonyl (C=O) groups excluding carboxylic acids is 1. The van der Waals surface area contributed by atoms with E-state index in [-0.39, 0.29) is 31.2 Å². The molecule has 0 radical (unpaired) electrons. The summed E-state index contributed by atoms with van der Waals surface area (Å²) in [7, 11) is 1.61. The second-order valence-corrected chi connectivity index (χ2v) is 7.34. The number of aromatic nitrogens is 2. The maximum atomic E-state index is 12.2. The van der Waals surface area contributed by atoms with E-state index in [0.717, 1.165) is 16.9 Å². The van der Waals surface area contributed by atoms with E-state index in [1.807, 2.05) is 48.5 Å². The van der Waals surface area contributed by atoms with Crippen molar-refractivity contribution >= 4 is 5.91 Å². The Morgan fingerprint density at radius 1 is 1.06 bits per heavy atom. The number of nitrogens with zero attached hydrogens (tertiary/aromatic N) is 2. The molecule has 0 atom stereocenters. The summed E-state index contributed by atoms with van der Waals surface area (Å²) in [5.74, 6) is 1.50. The van der Waals surface area contributed by atoms with E-state index in [4.69, 9.17) is 9.47 Å². The topological polar surface area (TPSA) is 82.5 Å². The van der Waals surface area contributed by atoms with Crippen LogP contribution in [0.5, 0.6) is 11.5 Å². The Balaban J connectivity index is 1.55. The van der Waals surface area contributed by atoms with E-state index >= 15 is 0 Å². The van der Waals surface area contributed by atoms with Gasteiger partial charge in [0, 0.05) is 18.2 Å². The molecule has 0 fully saturated rings. The third-order valence-electron chi connectivity index (χ3n) is 4.80. The molecule has 1 amide bonds. The van der Waals surface area contributed by atoms with Crippen LogP contribution in [0.3, 0.4) is 0 Å². The number of nitrogens with one attached hydrogen (secondary N) is 1. The number of rotatable bonds is 9. The summed E-state index contributed by atoms with van der Waals surface area (Å²) in [6, 6.07) is 18.3. The standard InChI is InChI=1S/C24H27N3O4/c1-17(2)20-6-4-5-7-22(20)31-16-23(28)25-14-15-27-24(29)13-12-21(26-27)18-8-10-19(30-3)11-9-18/h4-13,17H,14-16H2,1-3H3,(H,25,28). The van der Waals surface area contributed by atoms with Gasteiger partial charge in [0.05, 0.1) is 19.3 Å². The van der Waals surface area contributed by atoms with Gasteiger partial charge in [0.15, 0.2) is 6.61 Å². The van der Waals surface area contributed by atoms with Crippen molar-refractivity contribution in [1.82, 2.24) is 15.1 Å². The first-order valence-corrected chi connectivity index (χ1v) is 10.2. The molecule has 0 bridgehead atoms. The van der Waals surface area contributed by atoms with Crippen LogP contribution < -0.4 is 20.3 Å². The van der Waals surface area contributed by atoms with Crippen LogP contribution >= 0.6 is 0 Å². The number of carbonyl (C=O) groups is 1. The average molecular weight is 421 g/mol. The van der Waals surface area contributed by atoms with Crippen LogP contribution in [0.2, 0.25) is 0 Å². The van der Waals surface area contributed by atoms with E-state index in [9.17, 15) is 9.59 Å². The Bertz CT molecular complexity index is 1070. The van der Waals surface area contributed by atoms with Crippen molar-refractivity contribution in [2.45, 2.75) is 26.3 Å². The van der Waals surface area contributed by atoms with Crippen molar-refractivity contribution < 1.29 is 14.3 Å². The zero-order chi connectivity index (χ0) is 22.2. The Kier molecular flexibility index (Phi) is 7.43. The quantitative estimate of drug-likeness (QED) is 0.574. The normalized spacial score (nSPS) is 10.7. The summed E-state index contributed by atoms with van der Waals surface area (Å²) >= 11 is 0. The smallest absolute Gasteiger partial charge is 0.266 e. The van der Waals surface area contributed by atoms with Gasteiger partial charge in [-0.2, -0.15) is 5.10 Å². The lowest BCUT2D eigenvalue weighted by atomic mass is 10.0. The number of methoxy groups -OCH3 is 1. The Hall–Kier alpha value is -3.61. The number of amides is 1. The first kappa shape index (κ1) is 22.1. The minimum Gasteiger partial charge on any atom is -0.497 e. The average Bonchev–Trinajstić information content (AvgIpc) is 2.79. The molecule has 31 heavy (non-hydrogen) atoms. The Labute approximate surface area is 181 Å². The summed E-state index contributed by atoms with van der Waals surface area (Å²) in [5.41, 5.74) is 2.37. The van der Waals surface area contributed by atoms with Crippen molar-refractivity contribution in [3.05, 3.63) is 76.6 Å². The van der Waals surface area contributed by atoms with Crippen LogP contribution in [0.1, 0.15) is 25.3 Å². The second kappa shape index (κ2) is 10.4. The molecule has 0 unspecified atom stereocenters. The Morgan fingerprint density at radius 3 is 2.52 bits per heavy atom. The second-order valence-electron chi connectivity index (χ2n) is 7.34. The monoisotopic (exact) mass is 421 g/mol. The fourth-order valence-corrected chi connectivity index (χ4v) is 3.11. The molecule has 7 heteroatoms. The third-order valence-corrected chi connectivity index (χ3v) is 4.80. The molecule has 3 rings (SSSR count). The molecule has 162 valence electrons. The highest BCUT2D eigenvalue weighted by molar-refractivity contribution is 5.77. The molecule has 1 heterocycles. The first-order valence-electron chi connectivity index (χ1n) is 10.2. The van der Waals surface area contributed by atoms with Crippen LogP contribution in [0.25, 0.3) is 11.3 Å². The predicted octanol–water partition coefficient (Wildman–Crippen LogP) is 3.24. The maximum absolute atomic E-state index is 12.2. The fraction of sp³-hybridized carbons (Fsp3) is 0.292. The number of para-hydroxylation sites is 1. The van der Waals surface area contributed by atoms with E-state index in [1.54, 1.807) is 13.2 Å². The van der Waals surface area contributed by atoms with Crippen molar-refractivity contribution in [3.63, 3.8) is 0 Å². The van der Waals surface area contributed by atoms with Gasteiger partial charge in [-0.3, -0.25) is 9.59 Å². The van der Waals surface area contributed by atoms with Gasteiger partial charge < -0.3 is 14.8 Å². The summed E-state index contributed by atoms with van der Waals surface area (Å²) in [6.07, 6.45) is 0. The summed E-state index contributed by atoms with van der Waals surface area (Å²) < 4.78 is 12.2. The largest absolute Gasteiger partial charge is 0.497 e. The minimum absolute atomic E-state index is 0.0854. The van der Waals surface area contributed by atoms with Crippen LogP contribution in [-0.4, -0.2) is 35.9 Å². The van der Waals surface area contributed by atoms with Crippen molar-refractivity contribution in [3.8, 4) is 22.8 Å². The lowest BCUT2D eigenvalue weighted by Crippen LogP contribution is -2.34. The molecule has 0 saturated heterocycles. The number of hydrogen-bond donors (Lipinski definition) is 1. The fourth-order valence-electron chi connectivity index (χ4n) is 3.11. The highest BCUT2D eigenvalue weighted by Gasteiger charge is 2.09. The molecule has 3 aromatic rings. The Morgan fingerprint density at radius 2 is 1.81 bits per heavy atom. The molecule has 0 aliphatic rings. The lowest BCUT2D eigenvalue weighted by Gasteiger charge is -2.14. The van der Waals surface area contributed by atoms with E-state index in [2.05, 4.69) is 24.3 Å². The van der Waals surface area contributed by atoms with Gasteiger partial charge in [-0.1, -0.05) is 32.0 Å². The summed E-state index contributed by atoms with van der Waals surface area (Å²) in [4.78, 5) is 24.3. The van der Waals surface area contributed by atoms with Gasteiger partial charge in [-0.25, -0.2) is 4.68 Å². The van der Waals surface area contributed by atoms with E-state index in [0.29, 0.717) is 17.4 Å². The zero-order valence-electron chi connectivity index (χ0n) is 18.0. The van der Waals surface area contributed by atoms with Gasteiger partial charge in [-0.05, 0) is 47.9 Å². The number of hydrogen-bond acceptors (Lipinski definition) is 5. The first-order chi connectivity index (χ1) is 15.0. The van der Waals surface area contributed by atoms with Crippen LogP contribution in [-0.2, 0) is 11.3 Å². The molecule has 0 spiro atoms. The van der Waals surface area contributed by atoms with Gasteiger partial charge in [0.25, 0.3) is 11.5 Å². The highest BCUT2D eigenvalue weighted by Crippen LogP contribution is 2.25. The zero-order valence-corrected chi connectivity index (χ0v) is 18.0. The molecule has 1 N–H and O–H groups in total. The van der Waals surface area contributed by atoms with Crippen LogP contribution in [0.15, 0.2) is 65.5 Å². The van der Waals surface area contributed by atoms with Gasteiger partial charge >= 0.3 is 0 Å². The summed E-state index contributed by atoms with van der Waals surface area (Å²) in [6.45, 7) is 4.60. The number of ether oxygens (including phenoxy) is 2.